The molecule has 0 radical (unpaired) electrons. The highest BCUT2D eigenvalue weighted by Gasteiger charge is 2.18. The molecule has 5 heteroatoms. The minimum absolute atomic E-state index is 0. The van der Waals surface area contributed by atoms with Gasteiger partial charge < -0.3 is 15.8 Å². The molecule has 3 N–H and O–H groups in total. The molecule has 0 aliphatic rings. The summed E-state index contributed by atoms with van der Waals surface area (Å²) in [7, 11) is 0. The lowest BCUT2D eigenvalue weighted by molar-refractivity contribution is -0.121. The Hall–Kier alpha value is -1.26. The van der Waals surface area contributed by atoms with Gasteiger partial charge in [-0.05, 0) is 30.4 Å². The number of hydrogen-bond acceptors (Lipinski definition) is 3. The first-order valence-electron chi connectivity index (χ1n) is 7.55. The van der Waals surface area contributed by atoms with Crippen molar-refractivity contribution < 1.29 is 9.53 Å². The van der Waals surface area contributed by atoms with E-state index in [1.807, 2.05) is 25.1 Å². The fourth-order valence-corrected chi connectivity index (χ4v) is 2.01. The van der Waals surface area contributed by atoms with Gasteiger partial charge in [0.25, 0.3) is 0 Å². The van der Waals surface area contributed by atoms with Crippen molar-refractivity contribution in [2.24, 2.45) is 5.73 Å². The lowest BCUT2D eigenvalue weighted by Gasteiger charge is -2.22. The monoisotopic (exact) mass is 328 g/mol. The van der Waals surface area contributed by atoms with Crippen LogP contribution < -0.4 is 15.8 Å². The maximum absolute atomic E-state index is 11.6. The Balaban J connectivity index is 0.00000441. The average molecular weight is 329 g/mol. The number of nitrogens with one attached hydrogen (secondary N) is 1. The molecule has 0 fully saturated rings. The number of carbonyl (C=O) groups excluding carboxylic acids is 1. The Morgan fingerprint density at radius 2 is 1.95 bits per heavy atom. The van der Waals surface area contributed by atoms with Crippen molar-refractivity contribution in [1.29, 1.82) is 0 Å². The summed E-state index contributed by atoms with van der Waals surface area (Å²) in [6.07, 6.45) is 1.18. The second kappa shape index (κ2) is 9.70. The molecule has 4 nitrogen and oxygen atoms in total. The molecular weight excluding hydrogens is 300 g/mol. The molecule has 0 saturated heterocycles. The second-order valence-electron chi connectivity index (χ2n) is 6.46. The third kappa shape index (κ3) is 7.66. The predicted octanol–water partition coefficient (Wildman–Crippen LogP) is 3.03. The van der Waals surface area contributed by atoms with Gasteiger partial charge in [0, 0.05) is 12.5 Å². The normalized spacial score (nSPS) is 12.2. The zero-order valence-corrected chi connectivity index (χ0v) is 14.8. The molecular formula is C17H29ClN2O2. The van der Waals surface area contributed by atoms with Crippen LogP contribution in [0, 0.1) is 0 Å². The minimum atomic E-state index is 0. The highest BCUT2D eigenvalue weighted by atomic mass is 35.5. The third-order valence-electron chi connectivity index (χ3n) is 3.20. The highest BCUT2D eigenvalue weighted by Crippen LogP contribution is 2.30. The molecule has 0 aliphatic heterocycles. The number of rotatable bonds is 7. The minimum Gasteiger partial charge on any atom is -0.491 e. The quantitative estimate of drug-likeness (QED) is 0.756. The average Bonchev–Trinajstić information content (AvgIpc) is 2.40. The highest BCUT2D eigenvalue weighted by molar-refractivity contribution is 5.85. The van der Waals surface area contributed by atoms with Crippen molar-refractivity contribution in [3.05, 3.63) is 29.8 Å². The van der Waals surface area contributed by atoms with Crippen molar-refractivity contribution in [3.8, 4) is 5.75 Å². The SMILES string of the molecule is CC(N)CCC(=O)NCCOc1ccccc1C(C)(C)C.Cl. The van der Waals surface area contributed by atoms with Crippen LogP contribution in [-0.2, 0) is 10.2 Å². The zero-order chi connectivity index (χ0) is 15.9. The molecule has 1 rings (SSSR count). The van der Waals surface area contributed by atoms with Gasteiger partial charge in [-0.1, -0.05) is 39.0 Å². The summed E-state index contributed by atoms with van der Waals surface area (Å²) in [5.41, 5.74) is 6.84. The van der Waals surface area contributed by atoms with E-state index in [1.54, 1.807) is 0 Å². The first-order valence-corrected chi connectivity index (χ1v) is 7.55. The molecule has 0 saturated carbocycles. The molecule has 0 bridgehead atoms. The zero-order valence-electron chi connectivity index (χ0n) is 14.0. The maximum Gasteiger partial charge on any atom is 0.220 e. The van der Waals surface area contributed by atoms with Crippen molar-refractivity contribution >= 4 is 18.3 Å². The molecule has 22 heavy (non-hydrogen) atoms. The predicted molar refractivity (Wildman–Crippen MR) is 93.8 cm³/mol. The second-order valence-corrected chi connectivity index (χ2v) is 6.46. The summed E-state index contributed by atoms with van der Waals surface area (Å²) in [5.74, 6) is 0.912. The summed E-state index contributed by atoms with van der Waals surface area (Å²) in [5, 5.41) is 2.85. The van der Waals surface area contributed by atoms with Crippen LogP contribution in [0.2, 0.25) is 0 Å². The van der Waals surface area contributed by atoms with Gasteiger partial charge >= 0.3 is 0 Å². The van der Waals surface area contributed by atoms with E-state index in [4.69, 9.17) is 10.5 Å². The van der Waals surface area contributed by atoms with Crippen LogP contribution in [0.4, 0.5) is 0 Å². The van der Waals surface area contributed by atoms with Gasteiger partial charge in [0.2, 0.25) is 5.91 Å². The van der Waals surface area contributed by atoms with Crippen molar-refractivity contribution in [1.82, 2.24) is 5.32 Å². The first-order chi connectivity index (χ1) is 9.80. The number of nitrogens with two attached hydrogens (primary N) is 1. The molecule has 126 valence electrons. The van der Waals surface area contributed by atoms with Crippen LogP contribution in [0.25, 0.3) is 0 Å². The van der Waals surface area contributed by atoms with Crippen LogP contribution in [0.15, 0.2) is 24.3 Å². The summed E-state index contributed by atoms with van der Waals surface area (Å²) < 4.78 is 5.80. The summed E-state index contributed by atoms with van der Waals surface area (Å²) >= 11 is 0. The van der Waals surface area contributed by atoms with Gasteiger partial charge in [-0.15, -0.1) is 12.4 Å². The summed E-state index contributed by atoms with van der Waals surface area (Å²) in [6.45, 7) is 9.36. The maximum atomic E-state index is 11.6. The molecule has 1 unspecified atom stereocenters. The van der Waals surface area contributed by atoms with Crippen LogP contribution in [0.5, 0.6) is 5.75 Å². The third-order valence-corrected chi connectivity index (χ3v) is 3.20. The van der Waals surface area contributed by atoms with Gasteiger partial charge in [-0.3, -0.25) is 4.79 Å². The van der Waals surface area contributed by atoms with Crippen LogP contribution >= 0.6 is 12.4 Å². The standard InChI is InChI=1S/C17H28N2O2.ClH/c1-13(18)9-10-16(20)19-11-12-21-15-8-6-5-7-14(15)17(2,3)4;/h5-8,13H,9-12,18H2,1-4H3,(H,19,20);1H. The Morgan fingerprint density at radius 1 is 1.32 bits per heavy atom. The molecule has 0 aliphatic carbocycles. The Kier molecular flexibility index (Phi) is 9.14. The number of amides is 1. The Morgan fingerprint density at radius 3 is 2.55 bits per heavy atom. The lowest BCUT2D eigenvalue weighted by Crippen LogP contribution is -2.29. The van der Waals surface area contributed by atoms with Gasteiger partial charge in [-0.2, -0.15) is 0 Å². The number of benzene rings is 1. The molecule has 1 aromatic carbocycles. The lowest BCUT2D eigenvalue weighted by atomic mass is 9.86. The van der Waals surface area contributed by atoms with Gasteiger partial charge in [0.15, 0.2) is 0 Å². The van der Waals surface area contributed by atoms with E-state index in [0.717, 1.165) is 5.75 Å². The number of carbonyl (C=O) groups is 1. The molecule has 0 aromatic heterocycles. The largest absolute Gasteiger partial charge is 0.491 e. The van der Waals surface area contributed by atoms with Crippen LogP contribution in [0.1, 0.15) is 46.1 Å². The fourth-order valence-electron chi connectivity index (χ4n) is 2.01. The van der Waals surface area contributed by atoms with Gasteiger partial charge in [-0.25, -0.2) is 0 Å². The van der Waals surface area contributed by atoms with E-state index in [0.29, 0.717) is 26.0 Å². The van der Waals surface area contributed by atoms with Crippen LogP contribution in [0.3, 0.4) is 0 Å². The fraction of sp³-hybridized carbons (Fsp3) is 0.588. The molecule has 0 spiro atoms. The van der Waals surface area contributed by atoms with Gasteiger partial charge in [0.1, 0.15) is 12.4 Å². The van der Waals surface area contributed by atoms with Crippen molar-refractivity contribution in [2.45, 2.75) is 52.0 Å². The van der Waals surface area contributed by atoms with Gasteiger partial charge in [0.05, 0.1) is 6.54 Å². The summed E-state index contributed by atoms with van der Waals surface area (Å²) in [6, 6.07) is 8.09. The van der Waals surface area contributed by atoms with E-state index in [-0.39, 0.29) is 29.8 Å². The van der Waals surface area contributed by atoms with Crippen LogP contribution in [-0.4, -0.2) is 25.1 Å². The topological polar surface area (TPSA) is 64.4 Å². The van der Waals surface area contributed by atoms with E-state index in [9.17, 15) is 4.79 Å². The smallest absolute Gasteiger partial charge is 0.220 e. The van der Waals surface area contributed by atoms with Crippen molar-refractivity contribution in [2.75, 3.05) is 13.2 Å². The molecule has 0 heterocycles. The van der Waals surface area contributed by atoms with Crippen molar-refractivity contribution in [3.63, 3.8) is 0 Å². The molecule has 1 amide bonds. The number of halogens is 1. The Labute approximate surface area is 140 Å². The van der Waals surface area contributed by atoms with E-state index in [1.165, 1.54) is 5.56 Å². The number of para-hydroxylation sites is 1. The Bertz CT molecular complexity index is 456. The number of ether oxygens (including phenoxy) is 1. The molecule has 1 aromatic rings. The summed E-state index contributed by atoms with van der Waals surface area (Å²) in [4.78, 5) is 11.6. The van der Waals surface area contributed by atoms with E-state index < -0.39 is 0 Å². The van der Waals surface area contributed by atoms with E-state index in [2.05, 4.69) is 32.2 Å². The van der Waals surface area contributed by atoms with E-state index >= 15 is 0 Å². The molecule has 1 atom stereocenters. The number of hydrogen-bond donors (Lipinski definition) is 2. The first kappa shape index (κ1) is 20.7.